The molecule has 0 radical (unpaired) electrons. The summed E-state index contributed by atoms with van der Waals surface area (Å²) in [6.45, 7) is 9.73. The number of aryl methyl sites for hydroxylation is 3. The minimum atomic E-state index is -0.344. The van der Waals surface area contributed by atoms with Gasteiger partial charge >= 0.3 is 0 Å². The Hall–Kier alpha value is -3.15. The van der Waals surface area contributed by atoms with Crippen LogP contribution in [-0.4, -0.2) is 20.6 Å². The number of hydrogen-bond donors (Lipinski definition) is 1. The van der Waals surface area contributed by atoms with E-state index in [9.17, 15) is 4.79 Å². The first kappa shape index (κ1) is 18.6. The minimum absolute atomic E-state index is 0.210. The maximum atomic E-state index is 12.2. The van der Waals surface area contributed by atoms with Crippen LogP contribution < -0.4 is 5.32 Å². The Balaban J connectivity index is 1.74. The van der Waals surface area contributed by atoms with Crippen molar-refractivity contribution in [2.24, 2.45) is 0 Å². The molecule has 0 unspecified atom stereocenters. The maximum absolute atomic E-state index is 12.2. The van der Waals surface area contributed by atoms with E-state index in [2.05, 4.69) is 64.2 Å². The monoisotopic (exact) mass is 364 g/mol. The van der Waals surface area contributed by atoms with Crippen molar-refractivity contribution >= 4 is 12.0 Å². The first-order valence-electron chi connectivity index (χ1n) is 8.90. The molecule has 0 aliphatic rings. The van der Waals surface area contributed by atoms with Crippen LogP contribution >= 0.6 is 0 Å². The topological polar surface area (TPSA) is 73.0 Å². The molecule has 0 aliphatic heterocycles. The Morgan fingerprint density at radius 3 is 2.52 bits per heavy atom. The Morgan fingerprint density at radius 1 is 1.19 bits per heavy atom. The molecule has 2 aromatic heterocycles. The van der Waals surface area contributed by atoms with Crippen LogP contribution in [0.25, 0.3) is 11.8 Å². The fraction of sp³-hybridized carbons (Fsp3) is 0.286. The molecule has 6 heteroatoms. The van der Waals surface area contributed by atoms with Crippen molar-refractivity contribution < 1.29 is 9.32 Å². The van der Waals surface area contributed by atoms with Gasteiger partial charge in [0.15, 0.2) is 5.82 Å². The van der Waals surface area contributed by atoms with Gasteiger partial charge in [-0.3, -0.25) is 4.79 Å². The number of aromatic nitrogens is 3. The summed E-state index contributed by atoms with van der Waals surface area (Å²) in [4.78, 5) is 16.4. The number of carbonyl (C=O) groups is 1. The Kier molecular flexibility index (Phi) is 5.26. The molecule has 1 aromatic carbocycles. The fourth-order valence-electron chi connectivity index (χ4n) is 3.03. The molecule has 3 rings (SSSR count). The number of rotatable bonds is 5. The average Bonchev–Trinajstić information content (AvgIpc) is 3.17. The van der Waals surface area contributed by atoms with E-state index in [0.29, 0.717) is 11.7 Å². The highest BCUT2D eigenvalue weighted by atomic mass is 16.5. The largest absolute Gasteiger partial charge is 0.341 e. The summed E-state index contributed by atoms with van der Waals surface area (Å²) in [5, 5.41) is 6.57. The summed E-state index contributed by atoms with van der Waals surface area (Å²) in [6, 6.07) is 10.1. The number of amides is 1. The number of benzene rings is 1. The molecule has 0 saturated carbocycles. The predicted molar refractivity (Wildman–Crippen MR) is 105 cm³/mol. The highest BCUT2D eigenvalue weighted by molar-refractivity contribution is 5.92. The van der Waals surface area contributed by atoms with Crippen molar-refractivity contribution in [2.45, 2.75) is 40.7 Å². The molecule has 1 amide bonds. The van der Waals surface area contributed by atoms with Gasteiger partial charge in [-0.15, -0.1) is 0 Å². The zero-order valence-electron chi connectivity index (χ0n) is 16.3. The van der Waals surface area contributed by atoms with Crippen molar-refractivity contribution in [1.29, 1.82) is 0 Å². The van der Waals surface area contributed by atoms with Gasteiger partial charge in [-0.2, -0.15) is 4.98 Å². The van der Waals surface area contributed by atoms with Gasteiger partial charge in [-0.1, -0.05) is 22.9 Å². The molecule has 140 valence electrons. The SMILES string of the molecule is Cc1ccc(-n2c(C)cc(/C=C\C(=O)N[C@@H](C)c3nc(C)no3)c2C)cc1. The molecule has 0 saturated heterocycles. The molecule has 2 heterocycles. The zero-order valence-corrected chi connectivity index (χ0v) is 16.3. The quantitative estimate of drug-likeness (QED) is 0.695. The summed E-state index contributed by atoms with van der Waals surface area (Å²) < 4.78 is 7.26. The predicted octanol–water partition coefficient (Wildman–Crippen LogP) is 3.98. The van der Waals surface area contributed by atoms with Crippen molar-refractivity contribution in [3.63, 3.8) is 0 Å². The molecule has 0 fully saturated rings. The van der Waals surface area contributed by atoms with Gasteiger partial charge in [0.05, 0.1) is 0 Å². The minimum Gasteiger partial charge on any atom is -0.341 e. The summed E-state index contributed by atoms with van der Waals surface area (Å²) in [7, 11) is 0. The van der Waals surface area contributed by atoms with Crippen LogP contribution in [0.5, 0.6) is 0 Å². The van der Waals surface area contributed by atoms with Crippen LogP contribution in [0.15, 0.2) is 40.9 Å². The average molecular weight is 364 g/mol. The Bertz CT molecular complexity index is 980. The third kappa shape index (κ3) is 4.16. The third-order valence-electron chi connectivity index (χ3n) is 4.45. The van der Waals surface area contributed by atoms with E-state index < -0.39 is 0 Å². The van der Waals surface area contributed by atoms with Gasteiger partial charge in [-0.05, 0) is 64.5 Å². The molecule has 1 atom stereocenters. The smallest absolute Gasteiger partial charge is 0.248 e. The second-order valence-corrected chi connectivity index (χ2v) is 6.74. The molecule has 1 N–H and O–H groups in total. The standard InChI is InChI=1S/C21H24N4O2/c1-13-6-9-19(10-7-13)25-14(2)12-18(16(25)4)8-11-20(26)22-15(3)21-23-17(5)24-27-21/h6-12,15H,1-5H3,(H,22,26)/b11-8-/t15-/m0/s1. The lowest BCUT2D eigenvalue weighted by Gasteiger charge is -2.10. The van der Waals surface area contributed by atoms with E-state index in [4.69, 9.17) is 4.52 Å². The molecular weight excluding hydrogens is 340 g/mol. The van der Waals surface area contributed by atoms with E-state index >= 15 is 0 Å². The lowest BCUT2D eigenvalue weighted by atomic mass is 10.2. The highest BCUT2D eigenvalue weighted by Crippen LogP contribution is 2.22. The lowest BCUT2D eigenvalue weighted by Crippen LogP contribution is -2.24. The van der Waals surface area contributed by atoms with Crippen LogP contribution in [-0.2, 0) is 4.79 Å². The van der Waals surface area contributed by atoms with Gasteiger partial charge in [0, 0.05) is 23.2 Å². The normalized spacial score (nSPS) is 12.5. The van der Waals surface area contributed by atoms with Crippen LogP contribution in [0.4, 0.5) is 0 Å². The molecule has 0 aliphatic carbocycles. The zero-order chi connectivity index (χ0) is 19.6. The molecular formula is C21H24N4O2. The highest BCUT2D eigenvalue weighted by Gasteiger charge is 2.14. The van der Waals surface area contributed by atoms with Crippen LogP contribution in [0.3, 0.4) is 0 Å². The van der Waals surface area contributed by atoms with Gasteiger partial charge in [-0.25, -0.2) is 0 Å². The number of hydrogen-bond acceptors (Lipinski definition) is 4. The molecule has 0 bridgehead atoms. The van der Waals surface area contributed by atoms with Gasteiger partial charge in [0.1, 0.15) is 6.04 Å². The summed E-state index contributed by atoms with van der Waals surface area (Å²) in [5.41, 5.74) is 5.54. The van der Waals surface area contributed by atoms with Gasteiger partial charge < -0.3 is 14.4 Å². The van der Waals surface area contributed by atoms with Crippen molar-refractivity contribution in [3.05, 3.63) is 70.6 Å². The fourth-order valence-corrected chi connectivity index (χ4v) is 3.03. The van der Waals surface area contributed by atoms with Crippen LogP contribution in [0, 0.1) is 27.7 Å². The van der Waals surface area contributed by atoms with Gasteiger partial charge in [0.2, 0.25) is 11.8 Å². The molecule has 0 spiro atoms. The number of nitrogens with one attached hydrogen (secondary N) is 1. The summed E-state index contributed by atoms with van der Waals surface area (Å²) in [5.74, 6) is 0.732. The number of carbonyl (C=O) groups excluding carboxylic acids is 1. The van der Waals surface area contributed by atoms with E-state index in [1.807, 2.05) is 19.9 Å². The molecule has 6 nitrogen and oxygen atoms in total. The van der Waals surface area contributed by atoms with Crippen molar-refractivity contribution in [3.8, 4) is 5.69 Å². The lowest BCUT2D eigenvalue weighted by molar-refractivity contribution is -0.117. The Morgan fingerprint density at radius 2 is 1.89 bits per heavy atom. The van der Waals surface area contributed by atoms with Crippen molar-refractivity contribution in [1.82, 2.24) is 20.0 Å². The van der Waals surface area contributed by atoms with E-state index in [1.165, 1.54) is 11.6 Å². The molecule has 3 aromatic rings. The van der Waals surface area contributed by atoms with Gasteiger partial charge in [0.25, 0.3) is 0 Å². The van der Waals surface area contributed by atoms with E-state index in [-0.39, 0.29) is 11.9 Å². The first-order valence-corrected chi connectivity index (χ1v) is 8.90. The summed E-state index contributed by atoms with van der Waals surface area (Å²) in [6.07, 6.45) is 3.36. The number of nitrogens with zero attached hydrogens (tertiary/aromatic N) is 3. The van der Waals surface area contributed by atoms with Crippen LogP contribution in [0.2, 0.25) is 0 Å². The Labute approximate surface area is 158 Å². The second kappa shape index (κ2) is 7.61. The first-order chi connectivity index (χ1) is 12.8. The van der Waals surface area contributed by atoms with Crippen molar-refractivity contribution in [2.75, 3.05) is 0 Å². The molecule has 27 heavy (non-hydrogen) atoms. The second-order valence-electron chi connectivity index (χ2n) is 6.74. The maximum Gasteiger partial charge on any atom is 0.248 e. The van der Waals surface area contributed by atoms with E-state index in [1.54, 1.807) is 6.92 Å². The van der Waals surface area contributed by atoms with E-state index in [0.717, 1.165) is 22.6 Å². The summed E-state index contributed by atoms with van der Waals surface area (Å²) >= 11 is 0. The third-order valence-corrected chi connectivity index (χ3v) is 4.45. The van der Waals surface area contributed by atoms with Crippen LogP contribution in [0.1, 0.15) is 47.2 Å².